The van der Waals surface area contributed by atoms with Crippen molar-refractivity contribution in [2.75, 3.05) is 19.8 Å². The zero-order chi connectivity index (χ0) is 11.6. The van der Waals surface area contributed by atoms with Gasteiger partial charge < -0.3 is 10.1 Å². The molecule has 1 aliphatic carbocycles. The lowest BCUT2D eigenvalue weighted by atomic mass is 10.1. The van der Waals surface area contributed by atoms with E-state index in [4.69, 9.17) is 16.3 Å². The van der Waals surface area contributed by atoms with Crippen molar-refractivity contribution in [2.45, 2.75) is 63.3 Å². The van der Waals surface area contributed by atoms with E-state index in [1.807, 2.05) is 0 Å². The molecule has 3 heteroatoms. The molecule has 2 atom stereocenters. The number of alkyl halides is 1. The number of rotatable bonds is 7. The summed E-state index contributed by atoms with van der Waals surface area (Å²) in [6, 6.07) is 0.499. The molecule has 0 saturated heterocycles. The highest BCUT2D eigenvalue weighted by Crippen LogP contribution is 2.22. The standard InChI is InChI=1S/C13H26ClNO/c1-2-3-10-16-11-9-15-13-8-6-4-5-7-12(13)14/h12-13,15H,2-11H2,1H3. The van der Waals surface area contributed by atoms with Crippen molar-refractivity contribution in [2.24, 2.45) is 0 Å². The van der Waals surface area contributed by atoms with Crippen LogP contribution in [0.4, 0.5) is 0 Å². The first kappa shape index (κ1) is 14.3. The van der Waals surface area contributed by atoms with Gasteiger partial charge in [-0.15, -0.1) is 11.6 Å². The average molecular weight is 248 g/mol. The van der Waals surface area contributed by atoms with Crippen LogP contribution in [0.5, 0.6) is 0 Å². The summed E-state index contributed by atoms with van der Waals surface area (Å²) < 4.78 is 5.53. The Kier molecular flexibility index (Phi) is 8.26. The lowest BCUT2D eigenvalue weighted by Gasteiger charge is -2.21. The van der Waals surface area contributed by atoms with Gasteiger partial charge in [0.25, 0.3) is 0 Å². The molecule has 16 heavy (non-hydrogen) atoms. The number of ether oxygens (including phenoxy) is 1. The number of hydrogen-bond acceptors (Lipinski definition) is 2. The second kappa shape index (κ2) is 9.26. The Hall–Kier alpha value is 0.210. The summed E-state index contributed by atoms with van der Waals surface area (Å²) in [7, 11) is 0. The van der Waals surface area contributed by atoms with Gasteiger partial charge in [0.15, 0.2) is 0 Å². The fraction of sp³-hybridized carbons (Fsp3) is 1.00. The number of halogens is 1. The van der Waals surface area contributed by atoms with Crippen LogP contribution >= 0.6 is 11.6 Å². The fourth-order valence-electron chi connectivity index (χ4n) is 2.16. The van der Waals surface area contributed by atoms with Crippen LogP contribution in [-0.2, 0) is 4.74 Å². The van der Waals surface area contributed by atoms with Gasteiger partial charge in [0, 0.05) is 24.6 Å². The van der Waals surface area contributed by atoms with Crippen LogP contribution in [0, 0.1) is 0 Å². The summed E-state index contributed by atoms with van der Waals surface area (Å²) in [5, 5.41) is 3.85. The Morgan fingerprint density at radius 2 is 2.00 bits per heavy atom. The predicted octanol–water partition coefficient (Wildman–Crippen LogP) is 3.33. The van der Waals surface area contributed by atoms with Crippen molar-refractivity contribution in [3.63, 3.8) is 0 Å². The lowest BCUT2D eigenvalue weighted by Crippen LogP contribution is -2.38. The van der Waals surface area contributed by atoms with Gasteiger partial charge in [-0.1, -0.05) is 32.6 Å². The quantitative estimate of drug-likeness (QED) is 0.423. The van der Waals surface area contributed by atoms with E-state index in [1.165, 1.54) is 38.5 Å². The number of hydrogen-bond donors (Lipinski definition) is 1. The van der Waals surface area contributed by atoms with Crippen LogP contribution in [0.3, 0.4) is 0 Å². The van der Waals surface area contributed by atoms with Gasteiger partial charge >= 0.3 is 0 Å². The molecular formula is C13H26ClNO. The van der Waals surface area contributed by atoms with Crippen LogP contribution in [-0.4, -0.2) is 31.2 Å². The summed E-state index contributed by atoms with van der Waals surface area (Å²) in [5.74, 6) is 0. The van der Waals surface area contributed by atoms with Gasteiger partial charge in [0.1, 0.15) is 0 Å². The van der Waals surface area contributed by atoms with Crippen LogP contribution in [0.2, 0.25) is 0 Å². The van der Waals surface area contributed by atoms with Gasteiger partial charge in [-0.2, -0.15) is 0 Å². The molecule has 96 valence electrons. The molecule has 1 aliphatic rings. The minimum absolute atomic E-state index is 0.318. The van der Waals surface area contributed by atoms with Crippen molar-refractivity contribution in [1.29, 1.82) is 0 Å². The van der Waals surface area contributed by atoms with Gasteiger partial charge in [0.05, 0.1) is 6.61 Å². The lowest BCUT2D eigenvalue weighted by molar-refractivity contribution is 0.130. The topological polar surface area (TPSA) is 21.3 Å². The molecular weight excluding hydrogens is 222 g/mol. The third-order valence-electron chi connectivity index (χ3n) is 3.23. The van der Waals surface area contributed by atoms with E-state index >= 15 is 0 Å². The Labute approximate surface area is 105 Å². The first-order valence-electron chi connectivity index (χ1n) is 6.79. The monoisotopic (exact) mass is 247 g/mol. The minimum atomic E-state index is 0.318. The largest absolute Gasteiger partial charge is 0.380 e. The first-order valence-corrected chi connectivity index (χ1v) is 7.23. The molecule has 1 fully saturated rings. The van der Waals surface area contributed by atoms with Crippen molar-refractivity contribution in [3.8, 4) is 0 Å². The van der Waals surface area contributed by atoms with E-state index in [0.29, 0.717) is 11.4 Å². The van der Waals surface area contributed by atoms with Crippen LogP contribution in [0.1, 0.15) is 51.9 Å². The maximum absolute atomic E-state index is 6.35. The van der Waals surface area contributed by atoms with Crippen molar-refractivity contribution in [3.05, 3.63) is 0 Å². The molecule has 0 aromatic rings. The van der Waals surface area contributed by atoms with E-state index in [-0.39, 0.29) is 0 Å². The number of unbranched alkanes of at least 4 members (excludes halogenated alkanes) is 1. The smallest absolute Gasteiger partial charge is 0.0591 e. The van der Waals surface area contributed by atoms with Crippen molar-refractivity contribution in [1.82, 2.24) is 5.32 Å². The Morgan fingerprint density at radius 3 is 2.81 bits per heavy atom. The summed E-state index contributed by atoms with van der Waals surface area (Å²) in [6.45, 7) is 4.84. The van der Waals surface area contributed by atoms with E-state index in [0.717, 1.165) is 26.2 Å². The molecule has 1 N–H and O–H groups in total. The highest BCUT2D eigenvalue weighted by Gasteiger charge is 2.20. The molecule has 2 unspecified atom stereocenters. The van der Waals surface area contributed by atoms with Crippen LogP contribution < -0.4 is 5.32 Å². The molecule has 0 spiro atoms. The summed E-state index contributed by atoms with van der Waals surface area (Å²) in [6.07, 6.45) is 8.71. The normalized spacial score (nSPS) is 26.6. The third kappa shape index (κ3) is 6.07. The zero-order valence-electron chi connectivity index (χ0n) is 10.5. The summed E-state index contributed by atoms with van der Waals surface area (Å²) in [4.78, 5) is 0. The Balaban J connectivity index is 2.01. The fourth-order valence-corrected chi connectivity index (χ4v) is 2.53. The van der Waals surface area contributed by atoms with E-state index in [1.54, 1.807) is 0 Å². The van der Waals surface area contributed by atoms with Crippen molar-refractivity contribution >= 4 is 11.6 Å². The zero-order valence-corrected chi connectivity index (χ0v) is 11.3. The Morgan fingerprint density at radius 1 is 1.19 bits per heavy atom. The van der Waals surface area contributed by atoms with E-state index in [9.17, 15) is 0 Å². The molecule has 1 saturated carbocycles. The molecule has 2 nitrogen and oxygen atoms in total. The molecule has 1 rings (SSSR count). The predicted molar refractivity (Wildman–Crippen MR) is 70.2 cm³/mol. The minimum Gasteiger partial charge on any atom is -0.380 e. The molecule has 0 bridgehead atoms. The second-order valence-corrected chi connectivity index (χ2v) is 5.24. The van der Waals surface area contributed by atoms with Crippen LogP contribution in [0.25, 0.3) is 0 Å². The van der Waals surface area contributed by atoms with Gasteiger partial charge in [0.2, 0.25) is 0 Å². The molecule has 0 radical (unpaired) electrons. The second-order valence-electron chi connectivity index (χ2n) is 4.68. The highest BCUT2D eigenvalue weighted by atomic mass is 35.5. The molecule has 0 heterocycles. The number of nitrogens with one attached hydrogen (secondary N) is 1. The molecule has 0 aromatic carbocycles. The SMILES string of the molecule is CCCCOCCNC1CCCCCC1Cl. The molecule has 0 amide bonds. The summed E-state index contributed by atoms with van der Waals surface area (Å²) in [5.41, 5.74) is 0. The van der Waals surface area contributed by atoms with Gasteiger partial charge in [-0.05, 0) is 19.3 Å². The molecule has 0 aromatic heterocycles. The maximum Gasteiger partial charge on any atom is 0.0591 e. The van der Waals surface area contributed by atoms with Gasteiger partial charge in [-0.3, -0.25) is 0 Å². The average Bonchev–Trinajstić information content (AvgIpc) is 2.49. The van der Waals surface area contributed by atoms with E-state index < -0.39 is 0 Å². The highest BCUT2D eigenvalue weighted by molar-refractivity contribution is 6.21. The molecule has 0 aliphatic heterocycles. The van der Waals surface area contributed by atoms with E-state index in [2.05, 4.69) is 12.2 Å². The Bertz CT molecular complexity index is 166. The third-order valence-corrected chi connectivity index (χ3v) is 3.75. The maximum atomic E-state index is 6.35. The van der Waals surface area contributed by atoms with Crippen molar-refractivity contribution < 1.29 is 4.74 Å². The first-order chi connectivity index (χ1) is 7.84. The summed E-state index contributed by atoms with van der Waals surface area (Å²) >= 11 is 6.35. The van der Waals surface area contributed by atoms with Crippen LogP contribution in [0.15, 0.2) is 0 Å². The van der Waals surface area contributed by atoms with Gasteiger partial charge in [-0.25, -0.2) is 0 Å².